The van der Waals surface area contributed by atoms with Gasteiger partial charge in [-0.2, -0.15) is 4.80 Å². The van der Waals surface area contributed by atoms with Crippen molar-refractivity contribution in [3.8, 4) is 11.4 Å². The van der Waals surface area contributed by atoms with E-state index in [0.29, 0.717) is 5.56 Å². The van der Waals surface area contributed by atoms with Gasteiger partial charge in [0.25, 0.3) is 0 Å². The van der Waals surface area contributed by atoms with E-state index in [1.54, 1.807) is 17.0 Å². The molecule has 0 spiro atoms. The van der Waals surface area contributed by atoms with Crippen molar-refractivity contribution < 1.29 is 14.0 Å². The minimum atomic E-state index is -0.836. The van der Waals surface area contributed by atoms with Gasteiger partial charge >= 0.3 is 0 Å². The van der Waals surface area contributed by atoms with Crippen molar-refractivity contribution >= 4 is 23.2 Å². The van der Waals surface area contributed by atoms with Gasteiger partial charge in [0.2, 0.25) is 17.6 Å². The normalized spacial score (nSPS) is 12.2. The van der Waals surface area contributed by atoms with E-state index in [2.05, 4.69) is 20.7 Å². The van der Waals surface area contributed by atoms with Crippen LogP contribution in [0.1, 0.15) is 37.3 Å². The van der Waals surface area contributed by atoms with Crippen LogP contribution in [-0.4, -0.2) is 42.5 Å². The second kappa shape index (κ2) is 10.8. The third-order valence-electron chi connectivity index (χ3n) is 5.22. The van der Waals surface area contributed by atoms with Crippen LogP contribution < -0.4 is 5.32 Å². The zero-order valence-corrected chi connectivity index (χ0v) is 21.1. The van der Waals surface area contributed by atoms with Gasteiger partial charge in [-0.25, -0.2) is 4.39 Å². The number of halogens is 1. The SMILES string of the molecule is CC(C)(C)NC(=O)[C@H](c1cccs1)N(Cc1ccccc1)C(=O)Cn1nnc(-c2ccc(F)cc2)n1. The molecule has 0 aliphatic rings. The van der Waals surface area contributed by atoms with Crippen LogP contribution in [0.15, 0.2) is 72.1 Å². The fourth-order valence-corrected chi connectivity index (χ4v) is 4.48. The average Bonchev–Trinajstić information content (AvgIpc) is 3.51. The summed E-state index contributed by atoms with van der Waals surface area (Å²) < 4.78 is 13.3. The molecule has 10 heteroatoms. The molecule has 0 bridgehead atoms. The Hall–Kier alpha value is -3.92. The number of amides is 2. The summed E-state index contributed by atoms with van der Waals surface area (Å²) in [6.07, 6.45) is 0. The number of rotatable bonds is 8. The Morgan fingerprint density at radius 1 is 1.06 bits per heavy atom. The lowest BCUT2D eigenvalue weighted by Crippen LogP contribution is -2.49. The largest absolute Gasteiger partial charge is 0.349 e. The summed E-state index contributed by atoms with van der Waals surface area (Å²) in [6, 6.07) is 18.1. The molecule has 2 aromatic carbocycles. The molecule has 36 heavy (non-hydrogen) atoms. The van der Waals surface area contributed by atoms with Gasteiger partial charge in [-0.1, -0.05) is 36.4 Å². The van der Waals surface area contributed by atoms with Gasteiger partial charge in [-0.05, 0) is 67.3 Å². The number of hydrogen-bond donors (Lipinski definition) is 1. The second-order valence-corrected chi connectivity index (χ2v) is 10.3. The molecule has 0 unspecified atom stereocenters. The maximum absolute atomic E-state index is 13.7. The predicted octanol–water partition coefficient (Wildman–Crippen LogP) is 4.23. The summed E-state index contributed by atoms with van der Waals surface area (Å²) in [6.45, 7) is 5.70. The predicted molar refractivity (Wildman–Crippen MR) is 135 cm³/mol. The van der Waals surface area contributed by atoms with Gasteiger partial charge in [-0.15, -0.1) is 21.5 Å². The van der Waals surface area contributed by atoms with Crippen LogP contribution >= 0.6 is 11.3 Å². The molecule has 0 saturated heterocycles. The van der Waals surface area contributed by atoms with Crippen molar-refractivity contribution in [2.24, 2.45) is 0 Å². The highest BCUT2D eigenvalue weighted by Crippen LogP contribution is 2.28. The Labute approximate surface area is 212 Å². The van der Waals surface area contributed by atoms with Crippen molar-refractivity contribution in [3.63, 3.8) is 0 Å². The smallest absolute Gasteiger partial charge is 0.248 e. The maximum atomic E-state index is 13.7. The molecule has 0 aliphatic carbocycles. The van der Waals surface area contributed by atoms with E-state index in [1.165, 1.54) is 28.3 Å². The number of nitrogens with one attached hydrogen (secondary N) is 1. The molecule has 8 nitrogen and oxygen atoms in total. The minimum absolute atomic E-state index is 0.217. The van der Waals surface area contributed by atoms with Crippen LogP contribution in [0.25, 0.3) is 11.4 Å². The molecular formula is C26H27FN6O2S. The van der Waals surface area contributed by atoms with Gasteiger partial charge in [-0.3, -0.25) is 9.59 Å². The molecular weight excluding hydrogens is 479 g/mol. The number of carbonyl (C=O) groups is 2. The summed E-state index contributed by atoms with van der Waals surface area (Å²) in [7, 11) is 0. The van der Waals surface area contributed by atoms with E-state index in [1.807, 2.05) is 68.6 Å². The van der Waals surface area contributed by atoms with Crippen molar-refractivity contribution in [2.45, 2.75) is 45.4 Å². The van der Waals surface area contributed by atoms with E-state index >= 15 is 0 Å². The number of carbonyl (C=O) groups excluding carboxylic acids is 2. The summed E-state index contributed by atoms with van der Waals surface area (Å²) in [5, 5.41) is 17.2. The van der Waals surface area contributed by atoms with E-state index in [-0.39, 0.29) is 36.5 Å². The zero-order valence-electron chi connectivity index (χ0n) is 20.3. The van der Waals surface area contributed by atoms with Gasteiger partial charge in [0.1, 0.15) is 18.4 Å². The van der Waals surface area contributed by atoms with Crippen LogP contribution in [0.4, 0.5) is 4.39 Å². The van der Waals surface area contributed by atoms with Crippen molar-refractivity contribution in [3.05, 3.63) is 88.4 Å². The molecule has 1 atom stereocenters. The van der Waals surface area contributed by atoms with Gasteiger partial charge in [0.15, 0.2) is 0 Å². The summed E-state index contributed by atoms with van der Waals surface area (Å²) in [5.74, 6) is -0.708. The summed E-state index contributed by atoms with van der Waals surface area (Å²) >= 11 is 1.41. The third-order valence-corrected chi connectivity index (χ3v) is 6.14. The summed E-state index contributed by atoms with van der Waals surface area (Å²) in [5.41, 5.74) is 0.984. The fraction of sp³-hybridized carbons (Fsp3) is 0.269. The second-order valence-electron chi connectivity index (χ2n) is 9.31. The number of thiophene rings is 1. The molecule has 0 aliphatic heterocycles. The van der Waals surface area contributed by atoms with Crippen molar-refractivity contribution in [1.29, 1.82) is 0 Å². The molecule has 0 radical (unpaired) electrons. The average molecular weight is 507 g/mol. The van der Waals surface area contributed by atoms with E-state index in [4.69, 9.17) is 0 Å². The molecule has 0 fully saturated rings. The maximum Gasteiger partial charge on any atom is 0.248 e. The highest BCUT2D eigenvalue weighted by atomic mass is 32.1. The van der Waals surface area contributed by atoms with Crippen LogP contribution in [0.5, 0.6) is 0 Å². The van der Waals surface area contributed by atoms with Gasteiger partial charge in [0, 0.05) is 22.5 Å². The minimum Gasteiger partial charge on any atom is -0.349 e. The number of tetrazole rings is 1. The Kier molecular flexibility index (Phi) is 7.54. The first-order valence-electron chi connectivity index (χ1n) is 11.4. The first-order valence-corrected chi connectivity index (χ1v) is 12.3. The molecule has 2 heterocycles. The lowest BCUT2D eigenvalue weighted by Gasteiger charge is -2.33. The van der Waals surface area contributed by atoms with Crippen LogP contribution in [-0.2, 0) is 22.7 Å². The number of aromatic nitrogens is 4. The van der Waals surface area contributed by atoms with Crippen molar-refractivity contribution in [2.75, 3.05) is 0 Å². The molecule has 4 rings (SSSR count). The highest BCUT2D eigenvalue weighted by Gasteiger charge is 2.34. The fourth-order valence-electron chi connectivity index (χ4n) is 3.65. The monoisotopic (exact) mass is 506 g/mol. The standard InChI is InChI=1S/C26H27FN6O2S/c1-26(2,3)28-25(35)23(21-10-7-15-36-21)32(16-18-8-5-4-6-9-18)22(34)17-33-30-24(29-31-33)19-11-13-20(27)14-12-19/h4-15,23H,16-17H2,1-3H3,(H,28,35)/t23-/m0/s1. The van der Waals surface area contributed by atoms with Gasteiger partial charge < -0.3 is 10.2 Å². The zero-order chi connectivity index (χ0) is 25.7. The lowest BCUT2D eigenvalue weighted by molar-refractivity contribution is -0.143. The lowest BCUT2D eigenvalue weighted by atomic mass is 10.1. The molecule has 0 saturated carbocycles. The highest BCUT2D eigenvalue weighted by molar-refractivity contribution is 7.10. The first kappa shape index (κ1) is 25.2. The number of benzene rings is 2. The molecule has 1 N–H and O–H groups in total. The summed E-state index contributed by atoms with van der Waals surface area (Å²) in [4.78, 5) is 30.7. The Balaban J connectivity index is 1.64. The van der Waals surface area contributed by atoms with Crippen LogP contribution in [0, 0.1) is 5.82 Å². The molecule has 4 aromatic rings. The van der Waals surface area contributed by atoms with Crippen LogP contribution in [0.2, 0.25) is 0 Å². The number of nitrogens with zero attached hydrogens (tertiary/aromatic N) is 5. The topological polar surface area (TPSA) is 93.0 Å². The molecule has 2 amide bonds. The Bertz CT molecular complexity index is 1300. The van der Waals surface area contributed by atoms with Crippen molar-refractivity contribution in [1.82, 2.24) is 30.4 Å². The number of hydrogen-bond acceptors (Lipinski definition) is 6. The Morgan fingerprint density at radius 3 is 2.42 bits per heavy atom. The van der Waals surface area contributed by atoms with Crippen LogP contribution in [0.3, 0.4) is 0 Å². The van der Waals surface area contributed by atoms with E-state index < -0.39 is 11.6 Å². The Morgan fingerprint density at radius 2 is 1.78 bits per heavy atom. The quantitative estimate of drug-likeness (QED) is 0.386. The molecule has 2 aromatic heterocycles. The molecule has 186 valence electrons. The van der Waals surface area contributed by atoms with E-state index in [0.717, 1.165) is 10.4 Å². The first-order chi connectivity index (χ1) is 17.2. The van der Waals surface area contributed by atoms with Gasteiger partial charge in [0.05, 0.1) is 0 Å². The van der Waals surface area contributed by atoms with E-state index in [9.17, 15) is 14.0 Å². The third kappa shape index (κ3) is 6.39.